The summed E-state index contributed by atoms with van der Waals surface area (Å²) in [7, 11) is 0. The average molecular weight is 684 g/mol. The monoisotopic (exact) mass is 683 g/mol. The summed E-state index contributed by atoms with van der Waals surface area (Å²) in [6.45, 7) is 15.2. The van der Waals surface area contributed by atoms with Crippen molar-refractivity contribution >= 4 is 16.9 Å². The van der Waals surface area contributed by atoms with Crippen molar-refractivity contribution in [3.63, 3.8) is 0 Å². The molecule has 0 atom stereocenters. The highest BCUT2D eigenvalue weighted by atomic mass is 19.1. The second-order valence-electron chi connectivity index (χ2n) is 13.9. The van der Waals surface area contributed by atoms with Crippen LogP contribution < -0.4 is 16.6 Å². The van der Waals surface area contributed by atoms with Gasteiger partial charge in [-0.1, -0.05) is 36.4 Å². The normalized spacial score (nSPS) is 18.9. The molecule has 0 unspecified atom stereocenters. The van der Waals surface area contributed by atoms with Gasteiger partial charge in [-0.25, -0.2) is 18.7 Å². The Balaban J connectivity index is 1.23. The van der Waals surface area contributed by atoms with E-state index in [1.54, 1.807) is 4.90 Å². The Labute approximate surface area is 293 Å². The number of aromatic nitrogens is 3. The van der Waals surface area contributed by atoms with E-state index in [1.807, 2.05) is 38.1 Å². The van der Waals surface area contributed by atoms with Crippen LogP contribution in [0, 0.1) is 5.82 Å². The van der Waals surface area contributed by atoms with Gasteiger partial charge in [-0.15, -0.1) is 0 Å². The second kappa shape index (κ2) is 15.8. The number of rotatable bonds is 11. The van der Waals surface area contributed by atoms with Gasteiger partial charge in [0.25, 0.3) is 5.56 Å². The number of carbonyl (C=O) groups excluding carboxylic acids is 1. The third kappa shape index (κ3) is 7.75. The number of likely N-dealkylation sites (N-methyl/N-ethyl adjacent to an activating group) is 1. The second-order valence-corrected chi connectivity index (χ2v) is 13.9. The van der Waals surface area contributed by atoms with Gasteiger partial charge in [0.05, 0.1) is 23.8 Å². The van der Waals surface area contributed by atoms with E-state index in [-0.39, 0.29) is 35.6 Å². The topological polar surface area (TPSA) is 95.7 Å². The number of nitrogens with zero attached hydrogens (tertiary/aromatic N) is 6. The van der Waals surface area contributed by atoms with Gasteiger partial charge in [0, 0.05) is 63.9 Å². The Bertz CT molecular complexity index is 1900. The number of amides is 1. The molecule has 11 heteroatoms. The highest BCUT2D eigenvalue weighted by Crippen LogP contribution is 2.28. The van der Waals surface area contributed by atoms with Gasteiger partial charge in [-0.05, 0) is 88.3 Å². The van der Waals surface area contributed by atoms with Crippen LogP contribution in [0.1, 0.15) is 65.0 Å². The van der Waals surface area contributed by atoms with Crippen LogP contribution in [-0.2, 0) is 11.3 Å². The van der Waals surface area contributed by atoms with Crippen LogP contribution in [0.15, 0.2) is 70.4 Å². The van der Waals surface area contributed by atoms with Crippen LogP contribution in [-0.4, -0.2) is 92.6 Å². The first-order valence-electron chi connectivity index (χ1n) is 18.2. The number of hydrogen-bond donors (Lipinski definition) is 1. The molecule has 1 aliphatic heterocycles. The van der Waals surface area contributed by atoms with Crippen molar-refractivity contribution in [2.75, 3.05) is 45.8 Å². The maximum atomic E-state index is 14.5. The molecule has 6 rings (SSSR count). The molecule has 2 aromatic carbocycles. The van der Waals surface area contributed by atoms with E-state index in [4.69, 9.17) is 0 Å². The number of pyridine rings is 1. The van der Waals surface area contributed by atoms with Gasteiger partial charge < -0.3 is 10.2 Å². The molecule has 2 fully saturated rings. The Hall–Kier alpha value is -4.19. The van der Waals surface area contributed by atoms with Crippen LogP contribution in [0.4, 0.5) is 4.39 Å². The molecule has 4 aromatic rings. The van der Waals surface area contributed by atoms with Crippen molar-refractivity contribution in [2.24, 2.45) is 0 Å². The summed E-state index contributed by atoms with van der Waals surface area (Å²) < 4.78 is 17.2. The first kappa shape index (κ1) is 35.6. The fourth-order valence-corrected chi connectivity index (χ4v) is 7.52. The van der Waals surface area contributed by atoms with Gasteiger partial charge in [-0.2, -0.15) is 0 Å². The Morgan fingerprint density at radius 3 is 2.30 bits per heavy atom. The number of hydrogen-bond acceptors (Lipinski definition) is 7. The quantitative estimate of drug-likeness (QED) is 0.242. The molecule has 3 heterocycles. The van der Waals surface area contributed by atoms with E-state index in [2.05, 4.69) is 58.2 Å². The molecule has 0 bridgehead atoms. The smallest absolute Gasteiger partial charge is 0.337 e. The minimum atomic E-state index is -0.632. The summed E-state index contributed by atoms with van der Waals surface area (Å²) in [6, 6.07) is 17.7. The first-order valence-corrected chi connectivity index (χ1v) is 18.2. The molecule has 1 amide bonds. The fourth-order valence-electron chi connectivity index (χ4n) is 7.52. The maximum Gasteiger partial charge on any atom is 0.337 e. The number of carbonyl (C=O) groups is 1. The van der Waals surface area contributed by atoms with E-state index >= 15 is 0 Å². The van der Waals surface area contributed by atoms with E-state index in [0.29, 0.717) is 50.5 Å². The highest BCUT2D eigenvalue weighted by molar-refractivity contribution is 5.78. The number of nitrogens with one attached hydrogen (secondary N) is 1. The molecule has 2 aliphatic rings. The van der Waals surface area contributed by atoms with E-state index < -0.39 is 17.1 Å². The number of piperazine rings is 1. The van der Waals surface area contributed by atoms with E-state index in [0.717, 1.165) is 50.0 Å². The van der Waals surface area contributed by atoms with Crippen LogP contribution >= 0.6 is 0 Å². The largest absolute Gasteiger partial charge is 0.342 e. The van der Waals surface area contributed by atoms with Crippen LogP contribution in [0.25, 0.3) is 27.8 Å². The first-order chi connectivity index (χ1) is 24.2. The summed E-state index contributed by atoms with van der Waals surface area (Å²) in [5, 5.41) is 3.44. The van der Waals surface area contributed by atoms with Crippen LogP contribution in [0.3, 0.4) is 0 Å². The molecule has 0 spiro atoms. The lowest BCUT2D eigenvalue weighted by atomic mass is 9.91. The van der Waals surface area contributed by atoms with Crippen molar-refractivity contribution in [1.29, 1.82) is 0 Å². The number of benzene rings is 2. The van der Waals surface area contributed by atoms with Gasteiger partial charge in [0.15, 0.2) is 5.65 Å². The zero-order chi connectivity index (χ0) is 35.4. The predicted molar refractivity (Wildman–Crippen MR) is 196 cm³/mol. The summed E-state index contributed by atoms with van der Waals surface area (Å²) in [4.78, 5) is 51.7. The molecule has 1 N–H and O–H groups in total. The molecule has 0 radical (unpaired) electrons. The van der Waals surface area contributed by atoms with Crippen molar-refractivity contribution in [3.05, 3.63) is 93.0 Å². The molecule has 1 saturated heterocycles. The molecule has 1 saturated carbocycles. The third-order valence-electron chi connectivity index (χ3n) is 10.5. The summed E-state index contributed by atoms with van der Waals surface area (Å²) in [5.41, 5.74) is 2.86. The minimum Gasteiger partial charge on any atom is -0.342 e. The lowest BCUT2D eigenvalue weighted by Gasteiger charge is -2.36. The van der Waals surface area contributed by atoms with Crippen molar-refractivity contribution in [1.82, 2.24) is 34.1 Å². The molecule has 50 heavy (non-hydrogen) atoms. The van der Waals surface area contributed by atoms with Gasteiger partial charge >= 0.3 is 5.69 Å². The number of fused-ring (bicyclic) bond motifs is 1. The van der Waals surface area contributed by atoms with Gasteiger partial charge in [0.2, 0.25) is 5.91 Å². The van der Waals surface area contributed by atoms with E-state index in [1.165, 1.54) is 20.8 Å². The lowest BCUT2D eigenvalue weighted by Crippen LogP contribution is -2.48. The predicted octanol–water partition coefficient (Wildman–Crippen LogP) is 4.82. The van der Waals surface area contributed by atoms with Gasteiger partial charge in [-0.3, -0.25) is 24.0 Å². The van der Waals surface area contributed by atoms with Crippen molar-refractivity contribution < 1.29 is 9.18 Å². The minimum absolute atomic E-state index is 0.0641. The third-order valence-corrected chi connectivity index (χ3v) is 10.5. The number of halogens is 1. The molecular weight excluding hydrogens is 633 g/mol. The van der Waals surface area contributed by atoms with Crippen LogP contribution in [0.5, 0.6) is 0 Å². The lowest BCUT2D eigenvalue weighted by molar-refractivity contribution is -0.130. The standard InChI is InChI=1S/C39H50FN7O3/c1-5-44(6-2)36(48)25-41-32-14-16-33(17-15-32)47-38(49)35-23-31(40)24-42-37(35)46(39(47)50)34-9-7-8-30(22-34)29-12-10-28(11-13-29)26-43-18-20-45(21-19-43)27(3)4/h7-13,22-24,27,32-33,41H,5-6,14-21,25-26H2,1-4H3/t32-,33+. The highest BCUT2D eigenvalue weighted by Gasteiger charge is 2.28. The molecule has 10 nitrogen and oxygen atoms in total. The SMILES string of the molecule is CCN(CC)C(=O)CN[C@H]1CC[C@@H](n2c(=O)c3cc(F)cnc3n(-c3cccc(-c4ccc(CN5CCN(C(C)C)CC5)cc4)c3)c2=O)CC1. The molecule has 1 aliphatic carbocycles. The van der Waals surface area contributed by atoms with E-state index in [9.17, 15) is 18.8 Å². The zero-order valence-corrected chi connectivity index (χ0v) is 29.8. The maximum absolute atomic E-state index is 14.5. The summed E-state index contributed by atoms with van der Waals surface area (Å²) in [6.07, 6.45) is 3.63. The summed E-state index contributed by atoms with van der Waals surface area (Å²) >= 11 is 0. The Kier molecular flexibility index (Phi) is 11.2. The van der Waals surface area contributed by atoms with Gasteiger partial charge in [0.1, 0.15) is 5.82 Å². The zero-order valence-electron chi connectivity index (χ0n) is 29.8. The molecule has 266 valence electrons. The average Bonchev–Trinajstić information content (AvgIpc) is 3.13. The summed E-state index contributed by atoms with van der Waals surface area (Å²) in [5.74, 6) is -0.568. The van der Waals surface area contributed by atoms with Crippen molar-refractivity contribution in [3.8, 4) is 16.8 Å². The molecular formula is C39H50FN7O3. The molecule has 2 aromatic heterocycles. The van der Waals surface area contributed by atoms with Crippen LogP contribution in [0.2, 0.25) is 0 Å². The Morgan fingerprint density at radius 2 is 1.64 bits per heavy atom. The van der Waals surface area contributed by atoms with Crippen molar-refractivity contribution in [2.45, 2.75) is 78.0 Å². The fraction of sp³-hybridized carbons (Fsp3) is 0.487. The Morgan fingerprint density at radius 1 is 0.940 bits per heavy atom.